The molecular weight excluding hydrogens is 320 g/mol. The van der Waals surface area contributed by atoms with Crippen molar-refractivity contribution >= 4 is 10.9 Å². The molecule has 26 heavy (non-hydrogen) atoms. The molecule has 0 amide bonds. The molecule has 5 aliphatic rings. The Balaban J connectivity index is 1.34. The molecule has 4 saturated carbocycles. The first-order valence-corrected chi connectivity index (χ1v) is 10.7. The quantitative estimate of drug-likeness (QED) is 0.791. The molecule has 4 aliphatic carbocycles. The van der Waals surface area contributed by atoms with Crippen molar-refractivity contribution in [1.29, 1.82) is 0 Å². The van der Waals surface area contributed by atoms with Gasteiger partial charge in [0.05, 0.1) is 10.9 Å². The van der Waals surface area contributed by atoms with Gasteiger partial charge in [0, 0.05) is 12.5 Å². The topological polar surface area (TPSA) is 34.9 Å². The van der Waals surface area contributed by atoms with Crippen LogP contribution in [0, 0.1) is 36.5 Å². The van der Waals surface area contributed by atoms with Gasteiger partial charge in [-0.3, -0.25) is 9.36 Å². The Kier molecular flexibility index (Phi) is 3.22. The zero-order valence-electron chi connectivity index (χ0n) is 15.7. The maximum Gasteiger partial charge on any atom is 0.261 e. The van der Waals surface area contributed by atoms with Crippen molar-refractivity contribution in [3.63, 3.8) is 0 Å². The first-order chi connectivity index (χ1) is 12.7. The molecule has 4 fully saturated rings. The Labute approximate surface area is 154 Å². The van der Waals surface area contributed by atoms with Crippen molar-refractivity contribution in [2.75, 3.05) is 0 Å². The van der Waals surface area contributed by atoms with Crippen LogP contribution in [0.15, 0.2) is 23.0 Å². The number of fused-ring (bicyclic) bond motifs is 2. The lowest BCUT2D eigenvalue weighted by Gasteiger charge is -2.55. The van der Waals surface area contributed by atoms with E-state index in [2.05, 4.69) is 6.07 Å². The van der Waals surface area contributed by atoms with Crippen LogP contribution >= 0.6 is 0 Å². The predicted octanol–water partition coefficient (Wildman–Crippen LogP) is 4.65. The molecule has 0 saturated heterocycles. The summed E-state index contributed by atoms with van der Waals surface area (Å²) in [7, 11) is 0. The number of benzene rings is 1. The summed E-state index contributed by atoms with van der Waals surface area (Å²) in [5.74, 6) is 6.49. The van der Waals surface area contributed by atoms with E-state index in [9.17, 15) is 4.79 Å². The largest absolute Gasteiger partial charge is 0.296 e. The van der Waals surface area contributed by atoms with Crippen LogP contribution < -0.4 is 5.56 Å². The third-order valence-electron chi connectivity index (χ3n) is 8.18. The summed E-state index contributed by atoms with van der Waals surface area (Å²) in [5, 5.41) is 0.795. The van der Waals surface area contributed by atoms with E-state index >= 15 is 0 Å². The molecule has 4 bridgehead atoms. The van der Waals surface area contributed by atoms with E-state index in [1.54, 1.807) is 0 Å². The van der Waals surface area contributed by atoms with Gasteiger partial charge in [-0.05, 0) is 93.6 Å². The first-order valence-electron chi connectivity index (χ1n) is 10.7. The van der Waals surface area contributed by atoms with Gasteiger partial charge >= 0.3 is 0 Å². The minimum absolute atomic E-state index is 0.182. The second-order valence-electron chi connectivity index (χ2n) is 9.76. The van der Waals surface area contributed by atoms with Crippen molar-refractivity contribution < 1.29 is 0 Å². The van der Waals surface area contributed by atoms with Crippen LogP contribution in [0.3, 0.4) is 0 Å². The van der Waals surface area contributed by atoms with Crippen LogP contribution in [0.1, 0.15) is 62.3 Å². The molecule has 0 radical (unpaired) electrons. The summed E-state index contributed by atoms with van der Waals surface area (Å²) >= 11 is 0. The Morgan fingerprint density at radius 2 is 1.81 bits per heavy atom. The Morgan fingerprint density at radius 1 is 1.08 bits per heavy atom. The molecule has 3 heteroatoms. The van der Waals surface area contributed by atoms with Gasteiger partial charge in [-0.1, -0.05) is 11.6 Å². The molecule has 7 rings (SSSR count). The molecule has 2 aromatic rings. The van der Waals surface area contributed by atoms with Crippen LogP contribution in [0.5, 0.6) is 0 Å². The molecule has 1 aromatic heterocycles. The second-order valence-corrected chi connectivity index (χ2v) is 9.76. The zero-order valence-corrected chi connectivity index (χ0v) is 15.7. The van der Waals surface area contributed by atoms with Gasteiger partial charge in [0.2, 0.25) is 0 Å². The number of hydrogen-bond donors (Lipinski definition) is 0. The monoisotopic (exact) mass is 348 g/mol. The van der Waals surface area contributed by atoms with Crippen LogP contribution in [-0.4, -0.2) is 9.55 Å². The van der Waals surface area contributed by atoms with Crippen LogP contribution in [0.2, 0.25) is 0 Å². The highest BCUT2D eigenvalue weighted by Crippen LogP contribution is 2.58. The number of nitrogens with zero attached hydrogens (tertiary/aromatic N) is 2. The molecular formula is C23H28N2O. The molecule has 1 unspecified atom stereocenters. The van der Waals surface area contributed by atoms with E-state index in [-0.39, 0.29) is 5.56 Å². The van der Waals surface area contributed by atoms with E-state index < -0.39 is 0 Å². The Morgan fingerprint density at radius 3 is 2.54 bits per heavy atom. The number of hydrogen-bond acceptors (Lipinski definition) is 2. The van der Waals surface area contributed by atoms with Crippen LogP contribution in [-0.2, 0) is 6.54 Å². The van der Waals surface area contributed by atoms with Crippen molar-refractivity contribution in [1.82, 2.24) is 9.55 Å². The summed E-state index contributed by atoms with van der Waals surface area (Å²) in [4.78, 5) is 18.0. The fourth-order valence-electron chi connectivity index (χ4n) is 7.27. The standard InChI is InChI=1S/C23H28N2O/c1-13-2-3-21-20(6-13)23(26)25-5-4-16(22(25)24-21)12-19-17-8-14-7-15(10-17)11-18(19)9-14/h2-3,6,14-19H,4-5,7-12H2,1H3. The lowest BCUT2D eigenvalue weighted by atomic mass is 9.51. The normalized spacial score (nSPS) is 37.4. The van der Waals surface area contributed by atoms with Gasteiger partial charge in [-0.2, -0.15) is 0 Å². The van der Waals surface area contributed by atoms with Crippen molar-refractivity contribution in [2.45, 2.75) is 64.3 Å². The highest BCUT2D eigenvalue weighted by molar-refractivity contribution is 5.78. The summed E-state index contributed by atoms with van der Waals surface area (Å²) in [6, 6.07) is 6.11. The van der Waals surface area contributed by atoms with E-state index in [4.69, 9.17) is 4.98 Å². The maximum absolute atomic E-state index is 13.0. The molecule has 0 N–H and O–H groups in total. The number of aryl methyl sites for hydroxylation is 1. The van der Waals surface area contributed by atoms with Gasteiger partial charge in [-0.15, -0.1) is 0 Å². The van der Waals surface area contributed by atoms with E-state index in [1.165, 1.54) is 38.5 Å². The van der Waals surface area contributed by atoms with Gasteiger partial charge in [0.15, 0.2) is 0 Å². The highest BCUT2D eigenvalue weighted by atomic mass is 16.1. The molecule has 2 heterocycles. The number of rotatable bonds is 2. The summed E-state index contributed by atoms with van der Waals surface area (Å²) < 4.78 is 1.99. The van der Waals surface area contributed by atoms with Gasteiger partial charge in [0.1, 0.15) is 5.82 Å². The summed E-state index contributed by atoms with van der Waals surface area (Å²) in [6.45, 7) is 2.91. The molecule has 0 spiro atoms. The molecule has 1 aromatic carbocycles. The number of aromatic nitrogens is 2. The van der Waals surface area contributed by atoms with Crippen molar-refractivity contribution in [2.24, 2.45) is 29.6 Å². The SMILES string of the molecule is Cc1ccc2nc3n(c(=O)c2c1)CCC3CC1C2CC3CC(C2)CC1C3. The highest BCUT2D eigenvalue weighted by Gasteiger charge is 2.48. The fraction of sp³-hybridized carbons (Fsp3) is 0.652. The van der Waals surface area contributed by atoms with Gasteiger partial charge in [0.25, 0.3) is 5.56 Å². The lowest BCUT2D eigenvalue weighted by Crippen LogP contribution is -2.45. The Hall–Kier alpha value is -1.64. The predicted molar refractivity (Wildman–Crippen MR) is 103 cm³/mol. The van der Waals surface area contributed by atoms with Crippen LogP contribution in [0.25, 0.3) is 10.9 Å². The van der Waals surface area contributed by atoms with Crippen molar-refractivity contribution in [3.05, 3.63) is 39.9 Å². The first kappa shape index (κ1) is 15.4. The average Bonchev–Trinajstić information content (AvgIpc) is 3.01. The minimum Gasteiger partial charge on any atom is -0.296 e. The maximum atomic E-state index is 13.0. The van der Waals surface area contributed by atoms with Crippen molar-refractivity contribution in [3.8, 4) is 0 Å². The van der Waals surface area contributed by atoms with Gasteiger partial charge < -0.3 is 0 Å². The lowest BCUT2D eigenvalue weighted by molar-refractivity contribution is -0.0423. The van der Waals surface area contributed by atoms with E-state index in [0.29, 0.717) is 5.92 Å². The minimum atomic E-state index is 0.182. The second kappa shape index (κ2) is 5.43. The molecule has 3 nitrogen and oxygen atoms in total. The van der Waals surface area contributed by atoms with E-state index in [1.807, 2.05) is 23.6 Å². The summed E-state index contributed by atoms with van der Waals surface area (Å²) in [6.07, 6.45) is 9.86. The summed E-state index contributed by atoms with van der Waals surface area (Å²) in [5.41, 5.74) is 2.21. The average molecular weight is 348 g/mol. The fourth-order valence-corrected chi connectivity index (χ4v) is 7.27. The Bertz CT molecular complexity index is 915. The molecule has 1 aliphatic heterocycles. The van der Waals surface area contributed by atoms with Gasteiger partial charge in [-0.25, -0.2) is 4.98 Å². The third kappa shape index (κ3) is 2.18. The molecule has 1 atom stereocenters. The van der Waals surface area contributed by atoms with Crippen LogP contribution in [0.4, 0.5) is 0 Å². The third-order valence-corrected chi connectivity index (χ3v) is 8.18. The zero-order chi connectivity index (χ0) is 17.4. The smallest absolute Gasteiger partial charge is 0.261 e. The molecule has 136 valence electrons. The van der Waals surface area contributed by atoms with E-state index in [0.717, 1.165) is 64.8 Å².